The Morgan fingerprint density at radius 2 is 2.05 bits per heavy atom. The zero-order valence-corrected chi connectivity index (χ0v) is 11.4. The lowest BCUT2D eigenvalue weighted by atomic mass is 10.1. The number of aliphatic hydroxyl groups is 1. The van der Waals surface area contributed by atoms with E-state index in [0.29, 0.717) is 6.42 Å². The van der Waals surface area contributed by atoms with Crippen molar-refractivity contribution in [3.8, 4) is 5.75 Å². The van der Waals surface area contributed by atoms with E-state index in [9.17, 15) is 5.11 Å². The minimum atomic E-state index is -0.541. The molecule has 1 atom stereocenters. The zero-order valence-electron chi connectivity index (χ0n) is 11.4. The molecule has 4 nitrogen and oxygen atoms in total. The van der Waals surface area contributed by atoms with Crippen molar-refractivity contribution in [3.05, 3.63) is 53.1 Å². The average Bonchev–Trinajstić information content (AvgIpc) is 2.39. The lowest BCUT2D eigenvalue weighted by Crippen LogP contribution is -2.05. The zero-order chi connectivity index (χ0) is 13.8. The van der Waals surface area contributed by atoms with Gasteiger partial charge >= 0.3 is 0 Å². The van der Waals surface area contributed by atoms with Gasteiger partial charge in [-0.15, -0.1) is 0 Å². The minimum Gasteiger partial charge on any atom is -0.496 e. The van der Waals surface area contributed by atoms with Crippen LogP contribution in [0.1, 0.15) is 35.7 Å². The van der Waals surface area contributed by atoms with Gasteiger partial charge in [-0.3, -0.25) is 0 Å². The van der Waals surface area contributed by atoms with Gasteiger partial charge in [-0.2, -0.15) is 0 Å². The van der Waals surface area contributed by atoms with Gasteiger partial charge in [0.2, 0.25) is 0 Å². The molecular weight excluding hydrogens is 240 g/mol. The third-order valence-electron chi connectivity index (χ3n) is 3.06. The molecule has 0 unspecified atom stereocenters. The Bertz CT molecular complexity index is 568. The Hall–Kier alpha value is -1.94. The third kappa shape index (κ3) is 3.09. The summed E-state index contributed by atoms with van der Waals surface area (Å²) in [5.74, 6) is 1.56. The molecule has 0 aliphatic heterocycles. The van der Waals surface area contributed by atoms with Gasteiger partial charge in [0.15, 0.2) is 0 Å². The molecule has 1 N–H and O–H groups in total. The van der Waals surface area contributed by atoms with Crippen molar-refractivity contribution in [1.82, 2.24) is 9.97 Å². The van der Waals surface area contributed by atoms with E-state index in [1.165, 1.54) is 0 Å². The number of aliphatic hydroxyl groups excluding tert-OH is 1. The standard InChI is InChI=1S/C15H18N2O2/c1-10-13(11(2)18)9-16-15(17-10)8-12-6-4-5-7-14(12)19-3/h4-7,9,11,18H,8H2,1-3H3/t11-/m1/s1. The average molecular weight is 258 g/mol. The Morgan fingerprint density at radius 3 is 2.68 bits per heavy atom. The molecule has 4 heteroatoms. The van der Waals surface area contributed by atoms with E-state index >= 15 is 0 Å². The predicted octanol–water partition coefficient (Wildman–Crippen LogP) is 2.44. The van der Waals surface area contributed by atoms with E-state index < -0.39 is 6.10 Å². The highest BCUT2D eigenvalue weighted by atomic mass is 16.5. The van der Waals surface area contributed by atoms with Crippen LogP contribution in [0, 0.1) is 6.92 Å². The molecule has 2 rings (SSSR count). The largest absolute Gasteiger partial charge is 0.496 e. The van der Waals surface area contributed by atoms with Crippen molar-refractivity contribution < 1.29 is 9.84 Å². The lowest BCUT2D eigenvalue weighted by molar-refractivity contribution is 0.197. The Kier molecular flexibility index (Phi) is 4.12. The van der Waals surface area contributed by atoms with Crippen molar-refractivity contribution >= 4 is 0 Å². The number of para-hydroxylation sites is 1. The van der Waals surface area contributed by atoms with E-state index in [1.807, 2.05) is 31.2 Å². The van der Waals surface area contributed by atoms with Crippen molar-refractivity contribution in [2.45, 2.75) is 26.4 Å². The van der Waals surface area contributed by atoms with Crippen molar-refractivity contribution in [1.29, 1.82) is 0 Å². The Morgan fingerprint density at radius 1 is 1.32 bits per heavy atom. The van der Waals surface area contributed by atoms with Crippen LogP contribution in [0.25, 0.3) is 0 Å². The number of rotatable bonds is 4. The molecule has 19 heavy (non-hydrogen) atoms. The van der Waals surface area contributed by atoms with Gasteiger partial charge < -0.3 is 9.84 Å². The summed E-state index contributed by atoms with van der Waals surface area (Å²) in [5, 5.41) is 9.57. The molecule has 1 aromatic heterocycles. The summed E-state index contributed by atoms with van der Waals surface area (Å²) in [5.41, 5.74) is 2.63. The van der Waals surface area contributed by atoms with Gasteiger partial charge in [0.1, 0.15) is 11.6 Å². The lowest BCUT2D eigenvalue weighted by Gasteiger charge is -2.10. The summed E-state index contributed by atoms with van der Waals surface area (Å²) in [6, 6.07) is 7.83. The fraction of sp³-hybridized carbons (Fsp3) is 0.333. The van der Waals surface area contributed by atoms with E-state index in [4.69, 9.17) is 4.74 Å². The number of aryl methyl sites for hydroxylation is 1. The van der Waals surface area contributed by atoms with Gasteiger partial charge in [0, 0.05) is 29.4 Å². The fourth-order valence-corrected chi connectivity index (χ4v) is 2.04. The molecule has 2 aromatic rings. The minimum absolute atomic E-state index is 0.541. The van der Waals surface area contributed by atoms with Crippen LogP contribution in [-0.4, -0.2) is 22.2 Å². The monoisotopic (exact) mass is 258 g/mol. The number of methoxy groups -OCH3 is 1. The van der Waals surface area contributed by atoms with Crippen LogP contribution in [0.5, 0.6) is 5.75 Å². The smallest absolute Gasteiger partial charge is 0.133 e. The van der Waals surface area contributed by atoms with Crippen LogP contribution in [0.15, 0.2) is 30.5 Å². The highest BCUT2D eigenvalue weighted by Gasteiger charge is 2.10. The van der Waals surface area contributed by atoms with Crippen LogP contribution in [0.3, 0.4) is 0 Å². The van der Waals surface area contributed by atoms with Crippen molar-refractivity contribution in [2.75, 3.05) is 7.11 Å². The molecule has 0 fully saturated rings. The number of nitrogens with zero attached hydrogens (tertiary/aromatic N) is 2. The molecule has 0 aliphatic carbocycles. The summed E-state index contributed by atoms with van der Waals surface area (Å²) in [6.07, 6.45) is 1.77. The summed E-state index contributed by atoms with van der Waals surface area (Å²) in [6.45, 7) is 3.60. The second-order valence-electron chi connectivity index (χ2n) is 4.49. The molecule has 100 valence electrons. The molecular formula is C15H18N2O2. The maximum atomic E-state index is 9.57. The summed E-state index contributed by atoms with van der Waals surface area (Å²) >= 11 is 0. The molecule has 0 saturated carbocycles. The van der Waals surface area contributed by atoms with Crippen LogP contribution < -0.4 is 4.74 Å². The molecule has 0 amide bonds. The Balaban J connectivity index is 2.26. The predicted molar refractivity (Wildman–Crippen MR) is 73.2 cm³/mol. The molecule has 0 radical (unpaired) electrons. The third-order valence-corrected chi connectivity index (χ3v) is 3.06. The first-order chi connectivity index (χ1) is 9.11. The Labute approximate surface area is 113 Å². The quantitative estimate of drug-likeness (QED) is 0.915. The molecule has 1 heterocycles. The van der Waals surface area contributed by atoms with Gasteiger partial charge in [-0.1, -0.05) is 18.2 Å². The molecule has 1 aromatic carbocycles. The van der Waals surface area contributed by atoms with Crippen LogP contribution in [-0.2, 0) is 6.42 Å². The summed E-state index contributed by atoms with van der Waals surface area (Å²) < 4.78 is 5.31. The number of aromatic nitrogens is 2. The van der Waals surface area contributed by atoms with Crippen molar-refractivity contribution in [2.24, 2.45) is 0 Å². The van der Waals surface area contributed by atoms with Gasteiger partial charge in [-0.05, 0) is 19.9 Å². The number of ether oxygens (including phenoxy) is 1. The van der Waals surface area contributed by atoms with Gasteiger partial charge in [-0.25, -0.2) is 9.97 Å². The van der Waals surface area contributed by atoms with E-state index in [-0.39, 0.29) is 0 Å². The molecule has 0 saturated heterocycles. The SMILES string of the molecule is COc1ccccc1Cc1ncc([C@@H](C)O)c(C)n1. The summed E-state index contributed by atoms with van der Waals surface area (Å²) in [4.78, 5) is 8.74. The van der Waals surface area contributed by atoms with E-state index in [2.05, 4.69) is 9.97 Å². The van der Waals surface area contributed by atoms with E-state index in [1.54, 1.807) is 20.2 Å². The second-order valence-corrected chi connectivity index (χ2v) is 4.49. The van der Waals surface area contributed by atoms with Gasteiger partial charge in [0.05, 0.1) is 13.2 Å². The molecule has 0 bridgehead atoms. The highest BCUT2D eigenvalue weighted by Crippen LogP contribution is 2.20. The number of benzene rings is 1. The van der Waals surface area contributed by atoms with Gasteiger partial charge in [0.25, 0.3) is 0 Å². The first-order valence-electron chi connectivity index (χ1n) is 6.24. The topological polar surface area (TPSA) is 55.2 Å². The second kappa shape index (κ2) is 5.80. The first kappa shape index (κ1) is 13.5. The molecule has 0 aliphatic rings. The van der Waals surface area contributed by atoms with E-state index in [0.717, 1.165) is 28.4 Å². The highest BCUT2D eigenvalue weighted by molar-refractivity contribution is 5.35. The first-order valence-corrected chi connectivity index (χ1v) is 6.24. The number of hydrogen-bond donors (Lipinski definition) is 1. The number of hydrogen-bond acceptors (Lipinski definition) is 4. The normalized spacial score (nSPS) is 12.2. The maximum Gasteiger partial charge on any atom is 0.133 e. The molecule has 0 spiro atoms. The van der Waals surface area contributed by atoms with Crippen LogP contribution >= 0.6 is 0 Å². The fourth-order valence-electron chi connectivity index (χ4n) is 2.04. The van der Waals surface area contributed by atoms with Crippen LogP contribution in [0.2, 0.25) is 0 Å². The van der Waals surface area contributed by atoms with Crippen LogP contribution in [0.4, 0.5) is 0 Å². The van der Waals surface area contributed by atoms with Crippen molar-refractivity contribution in [3.63, 3.8) is 0 Å². The summed E-state index contributed by atoms with van der Waals surface area (Å²) in [7, 11) is 1.65. The maximum absolute atomic E-state index is 9.57.